The van der Waals surface area contributed by atoms with Crippen LogP contribution < -0.4 is 9.80 Å². The number of rotatable bonds is 6. The second-order valence-corrected chi connectivity index (χ2v) is 8.26. The summed E-state index contributed by atoms with van der Waals surface area (Å²) < 4.78 is 0. The molecule has 1 aromatic heterocycles. The van der Waals surface area contributed by atoms with Gasteiger partial charge in [-0.3, -0.25) is 14.5 Å². The number of nitrogens with zero attached hydrogens (tertiary/aromatic N) is 3. The minimum absolute atomic E-state index is 0.0233. The molecule has 2 aromatic carbocycles. The van der Waals surface area contributed by atoms with Gasteiger partial charge in [0.25, 0.3) is 0 Å². The predicted octanol–water partition coefficient (Wildman–Crippen LogP) is 4.47. The molecular formula is C22H19N3O2S2. The van der Waals surface area contributed by atoms with E-state index >= 15 is 0 Å². The van der Waals surface area contributed by atoms with Gasteiger partial charge in [0.1, 0.15) is 6.54 Å². The zero-order chi connectivity index (χ0) is 20.2. The van der Waals surface area contributed by atoms with Gasteiger partial charge in [0.15, 0.2) is 5.13 Å². The highest BCUT2D eigenvalue weighted by Crippen LogP contribution is 2.35. The highest BCUT2D eigenvalue weighted by molar-refractivity contribution is 8.00. The molecule has 0 saturated carbocycles. The van der Waals surface area contributed by atoms with Gasteiger partial charge in [-0.05, 0) is 12.1 Å². The zero-order valence-electron chi connectivity index (χ0n) is 15.7. The molecule has 0 fully saturated rings. The number of aromatic nitrogens is 1. The molecule has 3 aromatic rings. The summed E-state index contributed by atoms with van der Waals surface area (Å²) in [5.41, 5.74) is 2.60. The van der Waals surface area contributed by atoms with E-state index in [2.05, 4.69) is 11.6 Å². The lowest BCUT2D eigenvalue weighted by Gasteiger charge is -2.30. The molecule has 0 saturated heterocycles. The average molecular weight is 422 g/mol. The molecule has 1 aliphatic heterocycles. The smallest absolute Gasteiger partial charge is 0.249 e. The SMILES string of the molecule is C=CCN(C(=O)CN1C(=O)CSc2ccccc21)c1nc(-c2ccccc2)cs1. The van der Waals surface area contributed by atoms with E-state index in [1.807, 2.05) is 60.0 Å². The van der Waals surface area contributed by atoms with E-state index in [4.69, 9.17) is 0 Å². The van der Waals surface area contributed by atoms with Crippen LogP contribution in [0, 0.1) is 0 Å². The molecular weight excluding hydrogens is 402 g/mol. The fourth-order valence-electron chi connectivity index (χ4n) is 3.09. The maximum absolute atomic E-state index is 13.1. The molecule has 0 radical (unpaired) electrons. The first kappa shape index (κ1) is 19.4. The third-order valence-corrected chi connectivity index (χ3v) is 6.42. The van der Waals surface area contributed by atoms with E-state index in [0.29, 0.717) is 17.4 Å². The van der Waals surface area contributed by atoms with Crippen LogP contribution in [0.1, 0.15) is 0 Å². The number of fused-ring (bicyclic) bond motifs is 1. The fourth-order valence-corrected chi connectivity index (χ4v) is 4.89. The summed E-state index contributed by atoms with van der Waals surface area (Å²) >= 11 is 2.91. The minimum atomic E-state index is -0.186. The van der Waals surface area contributed by atoms with Crippen LogP contribution in [0.4, 0.5) is 10.8 Å². The molecule has 146 valence electrons. The van der Waals surface area contributed by atoms with Crippen molar-refractivity contribution in [3.05, 3.63) is 72.6 Å². The standard InChI is InChI=1S/C22H19N3O2S2/c1-2-12-24(22-23-17(14-29-22)16-8-4-3-5-9-16)20(26)13-25-18-10-6-7-11-19(18)28-15-21(25)27/h2-11,14H,1,12-13,15H2. The Labute approximate surface area is 177 Å². The Bertz CT molecular complexity index is 1050. The van der Waals surface area contributed by atoms with Gasteiger partial charge in [-0.25, -0.2) is 4.98 Å². The lowest BCUT2D eigenvalue weighted by molar-refractivity contribution is -0.121. The van der Waals surface area contributed by atoms with Crippen LogP contribution in [0.3, 0.4) is 0 Å². The highest BCUT2D eigenvalue weighted by atomic mass is 32.2. The summed E-state index contributed by atoms with van der Waals surface area (Å²) in [4.78, 5) is 34.5. The number of para-hydroxylation sites is 1. The van der Waals surface area contributed by atoms with E-state index in [1.165, 1.54) is 23.1 Å². The fraction of sp³-hybridized carbons (Fsp3) is 0.136. The molecule has 0 spiro atoms. The van der Waals surface area contributed by atoms with Crippen molar-refractivity contribution in [1.29, 1.82) is 0 Å². The Morgan fingerprint density at radius 2 is 1.93 bits per heavy atom. The highest BCUT2D eigenvalue weighted by Gasteiger charge is 2.29. The quantitative estimate of drug-likeness (QED) is 0.551. The number of thiazole rings is 1. The van der Waals surface area contributed by atoms with E-state index < -0.39 is 0 Å². The second-order valence-electron chi connectivity index (χ2n) is 6.41. The maximum Gasteiger partial charge on any atom is 0.249 e. The first-order valence-corrected chi connectivity index (χ1v) is 11.0. The van der Waals surface area contributed by atoms with Crippen LogP contribution >= 0.6 is 23.1 Å². The molecule has 0 bridgehead atoms. The topological polar surface area (TPSA) is 53.5 Å². The molecule has 2 heterocycles. The van der Waals surface area contributed by atoms with E-state index in [1.54, 1.807) is 15.9 Å². The number of hydrogen-bond donors (Lipinski definition) is 0. The van der Waals surface area contributed by atoms with E-state index in [0.717, 1.165) is 21.8 Å². The maximum atomic E-state index is 13.1. The van der Waals surface area contributed by atoms with Crippen molar-refractivity contribution < 1.29 is 9.59 Å². The van der Waals surface area contributed by atoms with Gasteiger partial charge in [0.2, 0.25) is 11.8 Å². The normalized spacial score (nSPS) is 13.1. The Morgan fingerprint density at radius 1 is 1.17 bits per heavy atom. The zero-order valence-corrected chi connectivity index (χ0v) is 17.3. The molecule has 0 atom stereocenters. The van der Waals surface area contributed by atoms with Crippen molar-refractivity contribution in [1.82, 2.24) is 4.98 Å². The molecule has 29 heavy (non-hydrogen) atoms. The van der Waals surface area contributed by atoms with Crippen molar-refractivity contribution in [3.8, 4) is 11.3 Å². The first-order valence-electron chi connectivity index (χ1n) is 9.12. The predicted molar refractivity (Wildman–Crippen MR) is 120 cm³/mol. The summed E-state index contributed by atoms with van der Waals surface area (Å²) in [5, 5.41) is 2.53. The van der Waals surface area contributed by atoms with Crippen LogP contribution in [-0.4, -0.2) is 35.6 Å². The Morgan fingerprint density at radius 3 is 2.72 bits per heavy atom. The third-order valence-electron chi connectivity index (χ3n) is 4.51. The summed E-state index contributed by atoms with van der Waals surface area (Å²) in [5.74, 6) is 0.0832. The number of hydrogen-bond acceptors (Lipinski definition) is 5. The van der Waals surface area contributed by atoms with Gasteiger partial charge in [-0.1, -0.05) is 48.5 Å². The van der Waals surface area contributed by atoms with Crippen LogP contribution in [0.15, 0.2) is 77.5 Å². The van der Waals surface area contributed by atoms with Crippen LogP contribution in [-0.2, 0) is 9.59 Å². The molecule has 0 aliphatic carbocycles. The van der Waals surface area contributed by atoms with Crippen LogP contribution in [0.5, 0.6) is 0 Å². The lowest BCUT2D eigenvalue weighted by atomic mass is 10.2. The van der Waals surface area contributed by atoms with Gasteiger partial charge in [0, 0.05) is 22.4 Å². The number of benzene rings is 2. The summed E-state index contributed by atoms with van der Waals surface area (Å²) in [6, 6.07) is 17.5. The van der Waals surface area contributed by atoms with Gasteiger partial charge < -0.3 is 4.90 Å². The van der Waals surface area contributed by atoms with Gasteiger partial charge >= 0.3 is 0 Å². The summed E-state index contributed by atoms with van der Waals surface area (Å²) in [6.07, 6.45) is 1.67. The average Bonchev–Trinajstić information content (AvgIpc) is 3.24. The number of anilines is 2. The Kier molecular flexibility index (Phi) is 5.78. The van der Waals surface area contributed by atoms with Crippen molar-refractivity contribution in [3.63, 3.8) is 0 Å². The van der Waals surface area contributed by atoms with Gasteiger partial charge in [0.05, 0.1) is 17.1 Å². The van der Waals surface area contributed by atoms with Crippen molar-refractivity contribution in [2.75, 3.05) is 28.6 Å². The number of carbonyl (C=O) groups is 2. The van der Waals surface area contributed by atoms with Crippen LogP contribution in [0.25, 0.3) is 11.3 Å². The van der Waals surface area contributed by atoms with Crippen molar-refractivity contribution in [2.24, 2.45) is 0 Å². The van der Waals surface area contributed by atoms with E-state index in [9.17, 15) is 9.59 Å². The van der Waals surface area contributed by atoms with E-state index in [-0.39, 0.29) is 18.4 Å². The van der Waals surface area contributed by atoms with Crippen LogP contribution in [0.2, 0.25) is 0 Å². The Balaban J connectivity index is 1.58. The summed E-state index contributed by atoms with van der Waals surface area (Å²) in [7, 11) is 0. The lowest BCUT2D eigenvalue weighted by Crippen LogP contribution is -2.45. The molecule has 0 unspecified atom stereocenters. The minimum Gasteiger partial charge on any atom is -0.301 e. The molecule has 1 aliphatic rings. The number of carbonyl (C=O) groups excluding carboxylic acids is 2. The molecule has 4 rings (SSSR count). The molecule has 0 N–H and O–H groups in total. The number of amides is 2. The van der Waals surface area contributed by atoms with Gasteiger partial charge in [-0.2, -0.15) is 0 Å². The van der Waals surface area contributed by atoms with Gasteiger partial charge in [-0.15, -0.1) is 29.7 Å². The third kappa shape index (κ3) is 4.11. The molecule has 5 nitrogen and oxygen atoms in total. The Hall–Kier alpha value is -2.90. The molecule has 7 heteroatoms. The first-order chi connectivity index (χ1) is 14.2. The monoisotopic (exact) mass is 421 g/mol. The van der Waals surface area contributed by atoms with Crippen molar-refractivity contribution >= 4 is 45.7 Å². The molecule has 2 amide bonds. The largest absolute Gasteiger partial charge is 0.301 e. The second kappa shape index (κ2) is 8.63. The summed E-state index contributed by atoms with van der Waals surface area (Å²) in [6.45, 7) is 4.08. The number of thioether (sulfide) groups is 1. The van der Waals surface area contributed by atoms with Crippen molar-refractivity contribution in [2.45, 2.75) is 4.90 Å².